The minimum absolute atomic E-state index is 0.0397. The number of sulfonamides is 1. The average molecular weight is 500 g/mol. The smallest absolute Gasteiger partial charge is 0.261 e. The zero-order chi connectivity index (χ0) is 24.0. The number of nitrogens with zero attached hydrogens (tertiary/aromatic N) is 1. The average Bonchev–Trinajstić information content (AvgIpc) is 3.37. The maximum absolute atomic E-state index is 13.1. The molecule has 8 nitrogen and oxygen atoms in total. The van der Waals surface area contributed by atoms with Gasteiger partial charge in [0.15, 0.2) is 0 Å². The normalized spacial score (nSPS) is 14.2. The number of hydrogen-bond donors (Lipinski definition) is 2. The first-order valence-electron chi connectivity index (χ1n) is 10.6. The zero-order valence-corrected chi connectivity index (χ0v) is 20.2. The number of benzene rings is 2. The van der Waals surface area contributed by atoms with Crippen LogP contribution in [0.25, 0.3) is 6.08 Å². The van der Waals surface area contributed by atoms with Crippen molar-refractivity contribution in [3.63, 3.8) is 0 Å². The van der Waals surface area contributed by atoms with Gasteiger partial charge >= 0.3 is 0 Å². The number of amides is 1. The number of thiophene rings is 1. The number of nitrogens with one attached hydrogen (secondary N) is 2. The molecule has 3 aromatic rings. The van der Waals surface area contributed by atoms with Gasteiger partial charge in [-0.2, -0.15) is 0 Å². The second-order valence-corrected chi connectivity index (χ2v) is 10.1. The Hall–Kier alpha value is -3.34. The van der Waals surface area contributed by atoms with Crippen molar-refractivity contribution in [2.24, 2.45) is 0 Å². The molecule has 1 saturated heterocycles. The van der Waals surface area contributed by atoms with Crippen LogP contribution in [0.15, 0.2) is 70.9 Å². The van der Waals surface area contributed by atoms with Crippen molar-refractivity contribution in [2.45, 2.75) is 4.90 Å². The summed E-state index contributed by atoms with van der Waals surface area (Å²) < 4.78 is 39.2. The van der Waals surface area contributed by atoms with Crippen molar-refractivity contribution in [3.8, 4) is 5.75 Å². The van der Waals surface area contributed by atoms with Gasteiger partial charge in [-0.3, -0.25) is 9.52 Å². The topological polar surface area (TPSA) is 97.0 Å². The minimum atomic E-state index is -3.89. The van der Waals surface area contributed by atoms with Gasteiger partial charge in [-0.05, 0) is 60.0 Å². The predicted molar refractivity (Wildman–Crippen MR) is 135 cm³/mol. The third kappa shape index (κ3) is 5.96. The summed E-state index contributed by atoms with van der Waals surface area (Å²) in [5.74, 6) is 0.277. The van der Waals surface area contributed by atoms with Gasteiger partial charge in [0.2, 0.25) is 5.91 Å². The Morgan fingerprint density at radius 3 is 2.56 bits per heavy atom. The Morgan fingerprint density at radius 2 is 1.88 bits per heavy atom. The van der Waals surface area contributed by atoms with Gasteiger partial charge < -0.3 is 19.7 Å². The Labute approximate surface area is 202 Å². The summed E-state index contributed by atoms with van der Waals surface area (Å²) in [4.78, 5) is 15.7. The van der Waals surface area contributed by atoms with Gasteiger partial charge in [0, 0.05) is 29.7 Å². The molecule has 1 aliphatic heterocycles. The van der Waals surface area contributed by atoms with Crippen molar-refractivity contribution < 1.29 is 22.7 Å². The molecule has 0 saturated carbocycles. The molecular weight excluding hydrogens is 474 g/mol. The Bertz CT molecular complexity index is 1250. The Morgan fingerprint density at radius 1 is 1.12 bits per heavy atom. The first kappa shape index (κ1) is 23.8. The molecule has 34 heavy (non-hydrogen) atoms. The molecule has 1 aliphatic rings. The molecule has 0 unspecified atom stereocenters. The van der Waals surface area contributed by atoms with E-state index >= 15 is 0 Å². The molecule has 4 rings (SSSR count). The fraction of sp³-hybridized carbons (Fsp3) is 0.208. The molecule has 0 bridgehead atoms. The van der Waals surface area contributed by atoms with Crippen molar-refractivity contribution in [3.05, 3.63) is 70.9 Å². The fourth-order valence-electron chi connectivity index (χ4n) is 3.45. The largest absolute Gasteiger partial charge is 0.497 e. The lowest BCUT2D eigenvalue weighted by Crippen LogP contribution is -2.36. The highest BCUT2D eigenvalue weighted by Crippen LogP contribution is 2.31. The molecule has 0 aliphatic carbocycles. The third-order valence-corrected chi connectivity index (χ3v) is 7.39. The van der Waals surface area contributed by atoms with E-state index in [2.05, 4.69) is 14.9 Å². The van der Waals surface area contributed by atoms with Gasteiger partial charge in [-0.1, -0.05) is 6.07 Å². The van der Waals surface area contributed by atoms with Crippen LogP contribution >= 0.6 is 11.3 Å². The first-order valence-corrected chi connectivity index (χ1v) is 13.0. The van der Waals surface area contributed by atoms with E-state index < -0.39 is 10.0 Å². The summed E-state index contributed by atoms with van der Waals surface area (Å²) in [7, 11) is -2.35. The van der Waals surface area contributed by atoms with Crippen LogP contribution in [0.4, 0.5) is 17.1 Å². The maximum Gasteiger partial charge on any atom is 0.261 e. The van der Waals surface area contributed by atoms with Gasteiger partial charge in [0.1, 0.15) is 5.75 Å². The first-order chi connectivity index (χ1) is 16.4. The highest BCUT2D eigenvalue weighted by Gasteiger charge is 2.21. The molecule has 10 heteroatoms. The van der Waals surface area contributed by atoms with Crippen LogP contribution in [0, 0.1) is 0 Å². The van der Waals surface area contributed by atoms with E-state index in [0.717, 1.165) is 10.6 Å². The number of ether oxygens (including phenoxy) is 2. The van der Waals surface area contributed by atoms with E-state index in [1.54, 1.807) is 43.5 Å². The summed E-state index contributed by atoms with van der Waals surface area (Å²) in [6.45, 7) is 2.41. The van der Waals surface area contributed by atoms with Crippen LogP contribution in [0.2, 0.25) is 0 Å². The summed E-state index contributed by atoms with van der Waals surface area (Å²) in [5.41, 5.74) is 1.56. The lowest BCUT2D eigenvalue weighted by Gasteiger charge is -2.30. The van der Waals surface area contributed by atoms with Crippen LogP contribution < -0.4 is 19.7 Å². The molecule has 1 fully saturated rings. The SMILES string of the molecule is COc1ccc(NS(=O)(=O)c2ccc(N3CCOCC3)c(NC(=O)/C=C/c3cccs3)c2)cc1. The van der Waals surface area contributed by atoms with Crippen molar-refractivity contribution in [1.29, 1.82) is 0 Å². The molecule has 2 N–H and O–H groups in total. The van der Waals surface area contributed by atoms with E-state index in [9.17, 15) is 13.2 Å². The summed E-state index contributed by atoms with van der Waals surface area (Å²) in [6, 6.07) is 15.1. The second-order valence-electron chi connectivity index (χ2n) is 7.45. The number of methoxy groups -OCH3 is 1. The molecule has 0 spiro atoms. The zero-order valence-electron chi connectivity index (χ0n) is 18.6. The van der Waals surface area contributed by atoms with Crippen LogP contribution in [0.1, 0.15) is 4.88 Å². The van der Waals surface area contributed by atoms with Gasteiger partial charge in [0.25, 0.3) is 10.0 Å². The number of anilines is 3. The Kier molecular flexibility index (Phi) is 7.51. The highest BCUT2D eigenvalue weighted by molar-refractivity contribution is 7.92. The van der Waals surface area contributed by atoms with Gasteiger partial charge in [-0.15, -0.1) is 11.3 Å². The standard InChI is InChI=1S/C24H25N3O5S2/c1-31-19-6-4-18(5-7-19)26-34(29,30)21-9-10-23(27-12-14-32-15-13-27)22(17-21)25-24(28)11-8-20-3-2-16-33-20/h2-11,16-17,26H,12-15H2,1H3,(H,25,28)/b11-8+. The van der Waals surface area contributed by atoms with Crippen molar-refractivity contribution >= 4 is 50.4 Å². The van der Waals surface area contributed by atoms with Crippen molar-refractivity contribution in [1.82, 2.24) is 0 Å². The lowest BCUT2D eigenvalue weighted by atomic mass is 10.2. The second kappa shape index (κ2) is 10.7. The monoisotopic (exact) mass is 499 g/mol. The summed E-state index contributed by atoms with van der Waals surface area (Å²) in [5, 5.41) is 4.78. The number of rotatable bonds is 8. The number of morpholine rings is 1. The van der Waals surface area contributed by atoms with Crippen LogP contribution in [0.5, 0.6) is 5.75 Å². The van der Waals surface area contributed by atoms with E-state index in [0.29, 0.717) is 43.4 Å². The summed E-state index contributed by atoms with van der Waals surface area (Å²) in [6.07, 6.45) is 3.16. The quantitative estimate of drug-likeness (QED) is 0.454. The van der Waals surface area contributed by atoms with E-state index in [4.69, 9.17) is 9.47 Å². The number of carbonyl (C=O) groups is 1. The molecule has 1 amide bonds. The van der Waals surface area contributed by atoms with Crippen LogP contribution in [-0.2, 0) is 19.6 Å². The number of hydrogen-bond acceptors (Lipinski definition) is 7. The minimum Gasteiger partial charge on any atom is -0.497 e. The molecular formula is C24H25N3O5S2. The Balaban J connectivity index is 1.60. The highest BCUT2D eigenvalue weighted by atomic mass is 32.2. The van der Waals surface area contributed by atoms with Gasteiger partial charge in [-0.25, -0.2) is 8.42 Å². The van der Waals surface area contributed by atoms with Crippen LogP contribution in [0.3, 0.4) is 0 Å². The van der Waals surface area contributed by atoms with Crippen molar-refractivity contribution in [2.75, 3.05) is 48.4 Å². The molecule has 2 aromatic carbocycles. The van der Waals surface area contributed by atoms with Crippen LogP contribution in [-0.4, -0.2) is 47.7 Å². The van der Waals surface area contributed by atoms with E-state index in [-0.39, 0.29) is 10.8 Å². The molecule has 0 atom stereocenters. The van der Waals surface area contributed by atoms with E-state index in [1.807, 2.05) is 17.5 Å². The summed E-state index contributed by atoms with van der Waals surface area (Å²) >= 11 is 1.52. The molecule has 0 radical (unpaired) electrons. The predicted octanol–water partition coefficient (Wildman–Crippen LogP) is 4.05. The maximum atomic E-state index is 13.1. The lowest BCUT2D eigenvalue weighted by molar-refractivity contribution is -0.111. The van der Waals surface area contributed by atoms with E-state index in [1.165, 1.54) is 29.5 Å². The molecule has 178 valence electrons. The molecule has 2 heterocycles. The van der Waals surface area contributed by atoms with Gasteiger partial charge in [0.05, 0.1) is 36.6 Å². The number of carbonyl (C=O) groups excluding carboxylic acids is 1. The molecule has 1 aromatic heterocycles. The third-order valence-electron chi connectivity index (χ3n) is 5.17. The fourth-order valence-corrected chi connectivity index (χ4v) is 5.16.